The Morgan fingerprint density at radius 3 is 3.00 bits per heavy atom. The van der Waals surface area contributed by atoms with Crippen molar-refractivity contribution >= 4 is 28.1 Å². The van der Waals surface area contributed by atoms with Crippen molar-refractivity contribution in [3.05, 3.63) is 57.9 Å². The molecule has 0 spiro atoms. The number of rotatable bonds is 3. The normalized spacial score (nSPS) is 10.8. The largest absolute Gasteiger partial charge is 0.361 e. The average molecular weight is 270 g/mol. The van der Waals surface area contributed by atoms with E-state index in [-0.39, 0.29) is 5.91 Å². The topological polar surface area (TPSA) is 44.9 Å². The fourth-order valence-corrected chi connectivity index (χ4v) is 2.88. The molecule has 0 aliphatic heterocycles. The third-order valence-electron chi connectivity index (χ3n) is 3.19. The molecule has 0 fully saturated rings. The van der Waals surface area contributed by atoms with Gasteiger partial charge >= 0.3 is 0 Å². The maximum absolute atomic E-state index is 12.1. The quantitative estimate of drug-likeness (QED) is 0.752. The molecule has 0 aliphatic carbocycles. The lowest BCUT2D eigenvalue weighted by Gasteiger charge is -2.05. The van der Waals surface area contributed by atoms with E-state index >= 15 is 0 Å². The summed E-state index contributed by atoms with van der Waals surface area (Å²) in [6.07, 6.45) is 1.88. The first-order chi connectivity index (χ1) is 9.24. The molecule has 0 saturated carbocycles. The molecule has 1 amide bonds. The summed E-state index contributed by atoms with van der Waals surface area (Å²) in [6.45, 7) is 2.65. The van der Waals surface area contributed by atoms with Crippen molar-refractivity contribution in [3.63, 3.8) is 0 Å². The van der Waals surface area contributed by atoms with Crippen molar-refractivity contribution in [2.75, 3.05) is 0 Å². The number of carbonyl (C=O) groups is 1. The van der Waals surface area contributed by atoms with Crippen LogP contribution >= 0.6 is 11.3 Å². The van der Waals surface area contributed by atoms with E-state index in [9.17, 15) is 4.79 Å². The number of benzene rings is 1. The summed E-state index contributed by atoms with van der Waals surface area (Å²) < 4.78 is 0. The Morgan fingerprint density at radius 1 is 1.32 bits per heavy atom. The van der Waals surface area contributed by atoms with Gasteiger partial charge in [0.1, 0.15) is 0 Å². The van der Waals surface area contributed by atoms with Crippen LogP contribution in [0.15, 0.2) is 41.9 Å². The molecule has 0 radical (unpaired) electrons. The first-order valence-corrected chi connectivity index (χ1v) is 7.00. The van der Waals surface area contributed by atoms with Crippen LogP contribution in [-0.4, -0.2) is 10.9 Å². The maximum Gasteiger partial charge on any atom is 0.251 e. The van der Waals surface area contributed by atoms with Gasteiger partial charge in [0.15, 0.2) is 0 Å². The number of carbonyl (C=O) groups excluding carboxylic acids is 1. The second-order valence-corrected chi connectivity index (χ2v) is 5.49. The van der Waals surface area contributed by atoms with Crippen LogP contribution in [0.1, 0.15) is 20.8 Å². The first-order valence-electron chi connectivity index (χ1n) is 6.12. The van der Waals surface area contributed by atoms with Crippen LogP contribution in [0, 0.1) is 6.92 Å². The standard InChI is InChI=1S/C15H14N2OS/c1-10-5-7-19-14(10)9-17-15(18)12-3-2-11-4-6-16-13(11)8-12/h2-8,16H,9H2,1H3,(H,17,18). The van der Waals surface area contributed by atoms with Crippen molar-refractivity contribution in [3.8, 4) is 0 Å². The average Bonchev–Trinajstić information content (AvgIpc) is 3.03. The summed E-state index contributed by atoms with van der Waals surface area (Å²) in [5.74, 6) is -0.0377. The lowest BCUT2D eigenvalue weighted by Crippen LogP contribution is -2.22. The van der Waals surface area contributed by atoms with Gasteiger partial charge in [-0.25, -0.2) is 0 Å². The fraction of sp³-hybridized carbons (Fsp3) is 0.133. The van der Waals surface area contributed by atoms with Crippen molar-refractivity contribution in [2.45, 2.75) is 13.5 Å². The minimum absolute atomic E-state index is 0.0377. The van der Waals surface area contributed by atoms with Crippen LogP contribution in [0.25, 0.3) is 10.9 Å². The van der Waals surface area contributed by atoms with Gasteiger partial charge in [-0.15, -0.1) is 11.3 Å². The molecule has 0 bridgehead atoms. The van der Waals surface area contributed by atoms with Crippen LogP contribution < -0.4 is 5.32 Å². The van der Waals surface area contributed by atoms with Gasteiger partial charge in [-0.3, -0.25) is 4.79 Å². The summed E-state index contributed by atoms with van der Waals surface area (Å²) >= 11 is 1.67. The molecule has 0 saturated heterocycles. The second kappa shape index (κ2) is 4.90. The van der Waals surface area contributed by atoms with E-state index < -0.39 is 0 Å². The molecule has 1 aromatic carbocycles. The molecule has 4 heteroatoms. The summed E-state index contributed by atoms with van der Waals surface area (Å²) in [7, 11) is 0. The maximum atomic E-state index is 12.1. The van der Waals surface area contributed by atoms with Gasteiger partial charge in [-0.1, -0.05) is 6.07 Å². The lowest BCUT2D eigenvalue weighted by molar-refractivity contribution is 0.0951. The number of hydrogen-bond acceptors (Lipinski definition) is 2. The third kappa shape index (κ3) is 2.39. The molecule has 3 aromatic rings. The molecule has 3 nitrogen and oxygen atoms in total. The number of fused-ring (bicyclic) bond motifs is 1. The lowest BCUT2D eigenvalue weighted by atomic mass is 10.1. The molecule has 3 rings (SSSR count). The summed E-state index contributed by atoms with van der Waals surface area (Å²) in [5, 5.41) is 6.12. The fourth-order valence-electron chi connectivity index (χ4n) is 2.04. The molecule has 2 aromatic heterocycles. The Morgan fingerprint density at radius 2 is 2.21 bits per heavy atom. The van der Waals surface area contributed by atoms with Gasteiger partial charge in [0.2, 0.25) is 0 Å². The summed E-state index contributed by atoms with van der Waals surface area (Å²) in [6, 6.07) is 9.75. The smallest absolute Gasteiger partial charge is 0.251 e. The van der Waals surface area contributed by atoms with E-state index in [4.69, 9.17) is 0 Å². The van der Waals surface area contributed by atoms with E-state index in [1.165, 1.54) is 10.4 Å². The van der Waals surface area contributed by atoms with Crippen molar-refractivity contribution in [2.24, 2.45) is 0 Å². The van der Waals surface area contributed by atoms with Crippen molar-refractivity contribution < 1.29 is 4.79 Å². The van der Waals surface area contributed by atoms with E-state index in [2.05, 4.69) is 23.3 Å². The SMILES string of the molecule is Cc1ccsc1CNC(=O)c1ccc2cc[nH]c2c1. The van der Waals surface area contributed by atoms with Crippen LogP contribution in [0.5, 0.6) is 0 Å². The van der Waals surface area contributed by atoms with Gasteiger partial charge < -0.3 is 10.3 Å². The highest BCUT2D eigenvalue weighted by Crippen LogP contribution is 2.16. The molecule has 0 aliphatic rings. The number of aryl methyl sites for hydroxylation is 1. The summed E-state index contributed by atoms with van der Waals surface area (Å²) in [5.41, 5.74) is 2.90. The molecule has 2 heterocycles. The number of thiophene rings is 1. The number of aromatic amines is 1. The first kappa shape index (κ1) is 12.0. The second-order valence-electron chi connectivity index (χ2n) is 4.49. The Bertz CT molecular complexity index is 726. The highest BCUT2D eigenvalue weighted by Gasteiger charge is 2.07. The molecule has 96 valence electrons. The minimum Gasteiger partial charge on any atom is -0.361 e. The van der Waals surface area contributed by atoms with E-state index in [1.54, 1.807) is 11.3 Å². The molecule has 0 atom stereocenters. The Balaban J connectivity index is 1.74. The van der Waals surface area contributed by atoms with Crippen molar-refractivity contribution in [1.29, 1.82) is 0 Å². The molecule has 0 unspecified atom stereocenters. The molecular formula is C15H14N2OS. The zero-order valence-electron chi connectivity index (χ0n) is 10.6. The van der Waals surface area contributed by atoms with E-state index in [0.29, 0.717) is 12.1 Å². The van der Waals surface area contributed by atoms with E-state index in [0.717, 1.165) is 10.9 Å². The molecule has 2 N–H and O–H groups in total. The van der Waals surface area contributed by atoms with Gasteiger partial charge in [0.05, 0.1) is 6.54 Å². The third-order valence-corrected chi connectivity index (χ3v) is 4.22. The summed E-state index contributed by atoms with van der Waals surface area (Å²) in [4.78, 5) is 16.4. The number of amides is 1. The van der Waals surface area contributed by atoms with Gasteiger partial charge in [-0.05, 0) is 47.5 Å². The van der Waals surface area contributed by atoms with E-state index in [1.807, 2.05) is 35.8 Å². The predicted octanol–water partition coefficient (Wildman–Crippen LogP) is 3.47. The Hall–Kier alpha value is -2.07. The Labute approximate surface area is 115 Å². The zero-order chi connectivity index (χ0) is 13.2. The Kier molecular flexibility index (Phi) is 3.09. The van der Waals surface area contributed by atoms with Crippen LogP contribution in [-0.2, 0) is 6.54 Å². The number of aromatic nitrogens is 1. The highest BCUT2D eigenvalue weighted by molar-refractivity contribution is 7.10. The predicted molar refractivity (Wildman–Crippen MR) is 78.5 cm³/mol. The highest BCUT2D eigenvalue weighted by atomic mass is 32.1. The van der Waals surface area contributed by atoms with Gasteiger partial charge in [0, 0.05) is 22.2 Å². The monoisotopic (exact) mass is 270 g/mol. The van der Waals surface area contributed by atoms with Crippen LogP contribution in [0.2, 0.25) is 0 Å². The molecule has 19 heavy (non-hydrogen) atoms. The number of nitrogens with one attached hydrogen (secondary N) is 2. The minimum atomic E-state index is -0.0377. The van der Waals surface area contributed by atoms with Gasteiger partial charge in [-0.2, -0.15) is 0 Å². The number of H-pyrrole nitrogens is 1. The van der Waals surface area contributed by atoms with Crippen molar-refractivity contribution in [1.82, 2.24) is 10.3 Å². The van der Waals surface area contributed by atoms with Gasteiger partial charge in [0.25, 0.3) is 5.91 Å². The molecular weight excluding hydrogens is 256 g/mol. The zero-order valence-corrected chi connectivity index (χ0v) is 11.4. The number of hydrogen-bond donors (Lipinski definition) is 2. The van der Waals surface area contributed by atoms with Crippen LogP contribution in [0.4, 0.5) is 0 Å². The van der Waals surface area contributed by atoms with Crippen LogP contribution in [0.3, 0.4) is 0 Å².